The Labute approximate surface area is 164 Å². The maximum Gasteiger partial charge on any atom is 0.419 e. The van der Waals surface area contributed by atoms with Gasteiger partial charge in [-0.3, -0.25) is 9.69 Å². The molecule has 2 aliphatic heterocycles. The lowest BCUT2D eigenvalue weighted by atomic mass is 9.98. The number of ether oxygens (including phenoxy) is 1. The molecule has 6 nitrogen and oxygen atoms in total. The molecular formula is C20H19F3N3O3+. The summed E-state index contributed by atoms with van der Waals surface area (Å²) in [4.78, 5) is 31.1. The number of alkyl halides is 3. The highest BCUT2D eigenvalue weighted by atomic mass is 19.4. The summed E-state index contributed by atoms with van der Waals surface area (Å²) in [7, 11) is 0. The van der Waals surface area contributed by atoms with Crippen LogP contribution >= 0.6 is 0 Å². The van der Waals surface area contributed by atoms with Crippen LogP contribution in [0.1, 0.15) is 21.5 Å². The molecule has 3 heterocycles. The zero-order chi connectivity index (χ0) is 20.6. The summed E-state index contributed by atoms with van der Waals surface area (Å²) in [5.74, 6) is -0.185. The number of aromatic amines is 1. The Hall–Kier alpha value is -3.10. The van der Waals surface area contributed by atoms with Gasteiger partial charge >= 0.3 is 12.1 Å². The van der Waals surface area contributed by atoms with E-state index in [2.05, 4.69) is 4.98 Å². The molecule has 0 bridgehead atoms. The minimum absolute atomic E-state index is 0.246. The Morgan fingerprint density at radius 2 is 1.79 bits per heavy atom. The molecule has 0 unspecified atom stereocenters. The summed E-state index contributed by atoms with van der Waals surface area (Å²) in [6.07, 6.45) is -3.96. The number of nitrogens with zero attached hydrogens (tertiary/aromatic N) is 2. The molecule has 9 heteroatoms. The number of fused-ring (bicyclic) bond motifs is 1. The first-order valence-corrected chi connectivity index (χ1v) is 9.24. The van der Waals surface area contributed by atoms with Crippen molar-refractivity contribution in [1.29, 1.82) is 0 Å². The Morgan fingerprint density at radius 1 is 1.07 bits per heavy atom. The van der Waals surface area contributed by atoms with Gasteiger partial charge in [0.2, 0.25) is 0 Å². The van der Waals surface area contributed by atoms with Gasteiger partial charge in [0, 0.05) is 12.5 Å². The van der Waals surface area contributed by atoms with Crippen LogP contribution in [-0.4, -0.2) is 49.1 Å². The monoisotopic (exact) mass is 406 g/mol. The van der Waals surface area contributed by atoms with Crippen molar-refractivity contribution in [2.45, 2.75) is 18.7 Å². The minimum Gasteiger partial charge on any atom is -0.448 e. The van der Waals surface area contributed by atoms with Crippen molar-refractivity contribution in [1.82, 2.24) is 4.90 Å². The fraction of sp³-hybridized carbons (Fsp3) is 0.350. The number of pyridine rings is 1. The molecule has 29 heavy (non-hydrogen) atoms. The Balaban J connectivity index is 1.37. The molecule has 0 radical (unpaired) electrons. The molecule has 0 aliphatic carbocycles. The summed E-state index contributed by atoms with van der Waals surface area (Å²) in [6, 6.07) is 9.48. The number of nitrogens with one attached hydrogen (secondary N) is 1. The number of anilines is 1. The van der Waals surface area contributed by atoms with Crippen molar-refractivity contribution in [2.24, 2.45) is 0 Å². The van der Waals surface area contributed by atoms with E-state index in [0.29, 0.717) is 44.0 Å². The largest absolute Gasteiger partial charge is 0.448 e. The second-order valence-electron chi connectivity index (χ2n) is 7.03. The number of esters is 1. The number of amides is 1. The van der Waals surface area contributed by atoms with Gasteiger partial charge in [0.25, 0.3) is 11.7 Å². The fourth-order valence-electron chi connectivity index (χ4n) is 3.63. The van der Waals surface area contributed by atoms with Crippen LogP contribution in [0.2, 0.25) is 0 Å². The number of piperazine rings is 1. The second kappa shape index (κ2) is 7.38. The van der Waals surface area contributed by atoms with Gasteiger partial charge in [-0.2, -0.15) is 13.2 Å². The number of halogens is 3. The first-order valence-electron chi connectivity index (χ1n) is 9.24. The number of carbonyl (C=O) groups is 2. The van der Waals surface area contributed by atoms with E-state index in [9.17, 15) is 22.8 Å². The van der Waals surface area contributed by atoms with Crippen molar-refractivity contribution in [3.63, 3.8) is 0 Å². The smallest absolute Gasteiger partial charge is 0.419 e. The molecule has 152 valence electrons. The molecule has 1 aromatic carbocycles. The third-order valence-corrected chi connectivity index (χ3v) is 5.22. The topological polar surface area (TPSA) is 64.0 Å². The zero-order valence-corrected chi connectivity index (χ0v) is 15.4. The van der Waals surface area contributed by atoms with Gasteiger partial charge in [0.05, 0.1) is 24.2 Å². The number of benzene rings is 1. The highest BCUT2D eigenvalue weighted by Crippen LogP contribution is 2.28. The van der Waals surface area contributed by atoms with E-state index in [-0.39, 0.29) is 5.91 Å². The van der Waals surface area contributed by atoms with Crippen LogP contribution in [0, 0.1) is 0 Å². The molecule has 4 rings (SSSR count). The van der Waals surface area contributed by atoms with Crippen molar-refractivity contribution in [3.8, 4) is 0 Å². The normalized spacial score (nSPS) is 19.6. The Morgan fingerprint density at radius 3 is 2.45 bits per heavy atom. The number of cyclic esters (lactones) is 1. The van der Waals surface area contributed by atoms with Crippen LogP contribution in [0.4, 0.5) is 19.0 Å². The Kier molecular flexibility index (Phi) is 4.89. The summed E-state index contributed by atoms with van der Waals surface area (Å²) < 4.78 is 43.4. The summed E-state index contributed by atoms with van der Waals surface area (Å²) in [5.41, 5.74) is 0.536. The summed E-state index contributed by atoms with van der Waals surface area (Å²) in [6.45, 7) is 1.71. The summed E-state index contributed by atoms with van der Waals surface area (Å²) in [5, 5.41) is 0. The maximum atomic E-state index is 12.8. The molecule has 1 saturated heterocycles. The molecule has 0 spiro atoms. The molecule has 1 atom stereocenters. The van der Waals surface area contributed by atoms with Crippen LogP contribution in [-0.2, 0) is 22.1 Å². The summed E-state index contributed by atoms with van der Waals surface area (Å²) >= 11 is 0. The van der Waals surface area contributed by atoms with Gasteiger partial charge in [-0.15, -0.1) is 0 Å². The van der Waals surface area contributed by atoms with E-state index in [1.54, 1.807) is 17.0 Å². The van der Waals surface area contributed by atoms with Crippen molar-refractivity contribution < 1.29 is 32.5 Å². The number of aromatic nitrogens is 1. The van der Waals surface area contributed by atoms with Gasteiger partial charge in [0.1, 0.15) is 19.3 Å². The third kappa shape index (κ3) is 3.90. The Bertz CT molecular complexity index is 923. The first kappa shape index (κ1) is 19.2. The number of carbonyl (C=O) groups excluding carboxylic acids is 2. The lowest BCUT2D eigenvalue weighted by molar-refractivity contribution is -0.367. The quantitative estimate of drug-likeness (QED) is 0.716. The molecule has 2 aromatic rings. The van der Waals surface area contributed by atoms with Gasteiger partial charge in [-0.25, -0.2) is 9.78 Å². The fourth-order valence-corrected chi connectivity index (χ4v) is 3.63. The van der Waals surface area contributed by atoms with Crippen LogP contribution in [0.5, 0.6) is 0 Å². The van der Waals surface area contributed by atoms with E-state index >= 15 is 0 Å². The second-order valence-corrected chi connectivity index (χ2v) is 7.03. The van der Waals surface area contributed by atoms with Crippen LogP contribution in [0.25, 0.3) is 0 Å². The molecule has 1 N–H and O–H groups in total. The lowest BCUT2D eigenvalue weighted by Crippen LogP contribution is -2.54. The zero-order valence-electron chi connectivity index (χ0n) is 15.4. The number of hydrogen-bond donors (Lipinski definition) is 0. The van der Waals surface area contributed by atoms with E-state index in [0.717, 1.165) is 17.8 Å². The standard InChI is InChI=1S/C20H18F3N3O3/c21-20(22,23)14-5-6-17(24-12-14)25-7-9-26(10-8-25)18(27)16-11-13-3-1-2-4-15(13)19(28)29-16/h1-6,12,16H,7-11H2/p+1/t16-/m1/s1. The molecule has 1 fully saturated rings. The number of H-pyrrole nitrogens is 1. The molecule has 0 saturated carbocycles. The molecule has 2 aliphatic rings. The van der Waals surface area contributed by atoms with Crippen LogP contribution in [0.3, 0.4) is 0 Å². The minimum atomic E-state index is -4.39. The SMILES string of the molecule is O=C1O[C@@H](C(=O)N2CCN(c3ccc(C(F)(F)F)c[nH+]3)CC2)Cc2ccccc21. The maximum absolute atomic E-state index is 12.8. The van der Waals surface area contributed by atoms with Crippen molar-refractivity contribution in [2.75, 3.05) is 31.1 Å². The lowest BCUT2D eigenvalue weighted by Gasteiger charge is -2.34. The van der Waals surface area contributed by atoms with Crippen LogP contribution in [0.15, 0.2) is 42.6 Å². The van der Waals surface area contributed by atoms with Crippen LogP contribution < -0.4 is 9.88 Å². The van der Waals surface area contributed by atoms with Gasteiger partial charge in [0.15, 0.2) is 6.10 Å². The predicted molar refractivity (Wildman–Crippen MR) is 96.1 cm³/mol. The molecule has 1 aromatic heterocycles. The highest BCUT2D eigenvalue weighted by Gasteiger charge is 2.36. The predicted octanol–water partition coefficient (Wildman–Crippen LogP) is 1.95. The average Bonchev–Trinajstić information content (AvgIpc) is 2.73. The van der Waals surface area contributed by atoms with E-state index in [1.165, 1.54) is 6.07 Å². The van der Waals surface area contributed by atoms with Gasteiger partial charge in [-0.1, -0.05) is 18.2 Å². The van der Waals surface area contributed by atoms with E-state index in [1.807, 2.05) is 17.0 Å². The molecular weight excluding hydrogens is 387 g/mol. The van der Waals surface area contributed by atoms with Gasteiger partial charge < -0.3 is 9.64 Å². The molecule has 1 amide bonds. The third-order valence-electron chi connectivity index (χ3n) is 5.22. The first-order chi connectivity index (χ1) is 13.8. The number of rotatable bonds is 2. The van der Waals surface area contributed by atoms with E-state index in [4.69, 9.17) is 4.74 Å². The van der Waals surface area contributed by atoms with Crippen molar-refractivity contribution in [3.05, 3.63) is 59.3 Å². The van der Waals surface area contributed by atoms with Gasteiger partial charge in [-0.05, 0) is 17.7 Å². The highest BCUT2D eigenvalue weighted by molar-refractivity contribution is 5.95. The van der Waals surface area contributed by atoms with E-state index < -0.39 is 23.8 Å². The van der Waals surface area contributed by atoms with Crippen molar-refractivity contribution >= 4 is 17.7 Å². The number of hydrogen-bond acceptors (Lipinski definition) is 4. The average molecular weight is 406 g/mol.